The summed E-state index contributed by atoms with van der Waals surface area (Å²) in [5.74, 6) is -0.117. The van der Waals surface area contributed by atoms with Gasteiger partial charge in [-0.15, -0.1) is 0 Å². The standard InChI is InChI=1S/C37H68O5/c1-3-4-5-6-7-8-9-10-14-17-20-23-26-33(38)35-28-29-36(42-35)34(39)27-24-21-18-15-12-11-13-16-19-22-25-32-30-31(2)41-37(32)40/h30-31,33-36,38-39H,3-29H2,1-2H3/t31?,33-,34+,35-,36+/m0/s1. The van der Waals surface area contributed by atoms with Crippen molar-refractivity contribution in [2.24, 2.45) is 0 Å². The lowest BCUT2D eigenvalue weighted by molar-refractivity contribution is -0.139. The monoisotopic (exact) mass is 593 g/mol. The van der Waals surface area contributed by atoms with Crippen LogP contribution < -0.4 is 0 Å². The maximum atomic E-state index is 11.6. The molecule has 0 saturated carbocycles. The molecule has 0 aromatic carbocycles. The summed E-state index contributed by atoms with van der Waals surface area (Å²) >= 11 is 0. The van der Waals surface area contributed by atoms with Crippen LogP contribution in [0.4, 0.5) is 0 Å². The van der Waals surface area contributed by atoms with E-state index in [1.165, 1.54) is 122 Å². The average molecular weight is 593 g/mol. The molecule has 1 saturated heterocycles. The van der Waals surface area contributed by atoms with Gasteiger partial charge >= 0.3 is 5.97 Å². The molecule has 2 N–H and O–H groups in total. The van der Waals surface area contributed by atoms with Gasteiger partial charge in [-0.1, -0.05) is 142 Å². The second-order valence-corrected chi connectivity index (χ2v) is 13.5. The predicted octanol–water partition coefficient (Wildman–Crippen LogP) is 9.90. The molecule has 2 rings (SSSR count). The van der Waals surface area contributed by atoms with Crippen LogP contribution in [0.3, 0.4) is 0 Å². The number of cyclic esters (lactones) is 1. The minimum atomic E-state index is -0.390. The molecule has 0 aromatic heterocycles. The molecular weight excluding hydrogens is 524 g/mol. The van der Waals surface area contributed by atoms with Crippen LogP contribution >= 0.6 is 0 Å². The Labute approximate surface area is 259 Å². The van der Waals surface area contributed by atoms with Crippen molar-refractivity contribution in [3.63, 3.8) is 0 Å². The molecule has 0 spiro atoms. The van der Waals surface area contributed by atoms with Gasteiger partial charge in [0, 0.05) is 5.57 Å². The maximum absolute atomic E-state index is 11.6. The number of esters is 1. The van der Waals surface area contributed by atoms with Gasteiger partial charge in [-0.05, 0) is 51.5 Å². The van der Waals surface area contributed by atoms with Crippen molar-refractivity contribution >= 4 is 5.97 Å². The highest BCUT2D eigenvalue weighted by molar-refractivity contribution is 5.90. The van der Waals surface area contributed by atoms with Gasteiger partial charge < -0.3 is 19.7 Å². The first-order chi connectivity index (χ1) is 20.5. The lowest BCUT2D eigenvalue weighted by atomic mass is 10.00. The number of carbonyl (C=O) groups is 1. The first-order valence-electron chi connectivity index (χ1n) is 18.4. The van der Waals surface area contributed by atoms with Crippen LogP contribution in [0.5, 0.6) is 0 Å². The lowest BCUT2D eigenvalue weighted by Crippen LogP contribution is -2.31. The second-order valence-electron chi connectivity index (χ2n) is 13.5. The quantitative estimate of drug-likeness (QED) is 0.0698. The molecule has 246 valence electrons. The molecule has 5 heteroatoms. The Morgan fingerprint density at radius 3 is 1.40 bits per heavy atom. The molecule has 1 unspecified atom stereocenters. The van der Waals surface area contributed by atoms with Crippen LogP contribution in [-0.2, 0) is 14.3 Å². The van der Waals surface area contributed by atoms with Gasteiger partial charge in [-0.3, -0.25) is 0 Å². The summed E-state index contributed by atoms with van der Waals surface area (Å²) in [5.41, 5.74) is 0.870. The summed E-state index contributed by atoms with van der Waals surface area (Å²) in [6.45, 7) is 4.19. The maximum Gasteiger partial charge on any atom is 0.334 e. The Hall–Kier alpha value is -0.910. The van der Waals surface area contributed by atoms with E-state index in [4.69, 9.17) is 9.47 Å². The van der Waals surface area contributed by atoms with Crippen molar-refractivity contribution in [2.75, 3.05) is 0 Å². The SMILES string of the molecule is CCCCCCCCCCCCCC[C@H](O)[C@@H]1CC[C@H]([C@H](O)CCCCCCCCCCCCC2=CC(C)OC2=O)O1. The largest absolute Gasteiger partial charge is 0.455 e. The number of hydrogen-bond donors (Lipinski definition) is 2. The van der Waals surface area contributed by atoms with E-state index in [0.717, 1.165) is 56.9 Å². The normalized spacial score (nSPS) is 22.0. The summed E-state index contributed by atoms with van der Waals surface area (Å²) in [7, 11) is 0. The van der Waals surface area contributed by atoms with Crippen LogP contribution in [0.2, 0.25) is 0 Å². The van der Waals surface area contributed by atoms with Gasteiger partial charge in [0.05, 0.1) is 24.4 Å². The van der Waals surface area contributed by atoms with Crippen LogP contribution in [0, 0.1) is 0 Å². The Morgan fingerprint density at radius 1 is 0.643 bits per heavy atom. The zero-order valence-electron chi connectivity index (χ0n) is 27.7. The Bertz CT molecular complexity index is 692. The predicted molar refractivity (Wildman–Crippen MR) is 175 cm³/mol. The fourth-order valence-electron chi connectivity index (χ4n) is 6.72. The zero-order valence-corrected chi connectivity index (χ0v) is 27.7. The topological polar surface area (TPSA) is 76.0 Å². The first kappa shape index (κ1) is 37.3. The van der Waals surface area contributed by atoms with Gasteiger partial charge in [-0.2, -0.15) is 0 Å². The number of unbranched alkanes of at least 4 members (excludes halogenated alkanes) is 20. The number of carbonyl (C=O) groups excluding carboxylic acids is 1. The molecule has 42 heavy (non-hydrogen) atoms. The van der Waals surface area contributed by atoms with Gasteiger partial charge in [0.1, 0.15) is 6.10 Å². The van der Waals surface area contributed by atoms with E-state index in [2.05, 4.69) is 6.92 Å². The Balaban J connectivity index is 1.33. The number of aliphatic hydroxyl groups is 2. The van der Waals surface area contributed by atoms with Crippen LogP contribution in [0.1, 0.15) is 187 Å². The Morgan fingerprint density at radius 2 is 1.02 bits per heavy atom. The van der Waals surface area contributed by atoms with Gasteiger partial charge in [-0.25, -0.2) is 4.79 Å². The molecule has 5 atom stereocenters. The Kier molecular flexibility index (Phi) is 21.7. The van der Waals surface area contributed by atoms with E-state index < -0.39 is 0 Å². The molecule has 0 amide bonds. The molecule has 0 radical (unpaired) electrons. The van der Waals surface area contributed by atoms with Crippen molar-refractivity contribution in [1.82, 2.24) is 0 Å². The van der Waals surface area contributed by atoms with Crippen molar-refractivity contribution < 1.29 is 24.5 Å². The molecule has 0 aromatic rings. The van der Waals surface area contributed by atoms with Crippen molar-refractivity contribution in [3.05, 3.63) is 11.6 Å². The average Bonchev–Trinajstić information content (AvgIpc) is 3.60. The lowest BCUT2D eigenvalue weighted by Gasteiger charge is -2.22. The van der Waals surface area contributed by atoms with Gasteiger partial charge in [0.25, 0.3) is 0 Å². The smallest absolute Gasteiger partial charge is 0.334 e. The van der Waals surface area contributed by atoms with Crippen LogP contribution in [-0.4, -0.2) is 46.7 Å². The summed E-state index contributed by atoms with van der Waals surface area (Å²) in [6.07, 6.45) is 33.4. The van der Waals surface area contributed by atoms with E-state index in [9.17, 15) is 15.0 Å². The fraction of sp³-hybridized carbons (Fsp3) is 0.919. The summed E-state index contributed by atoms with van der Waals surface area (Å²) < 4.78 is 11.3. The van der Waals surface area contributed by atoms with E-state index >= 15 is 0 Å². The molecule has 0 bridgehead atoms. The van der Waals surface area contributed by atoms with Gasteiger partial charge in [0.15, 0.2) is 0 Å². The van der Waals surface area contributed by atoms with Crippen LogP contribution in [0.15, 0.2) is 11.6 Å². The minimum absolute atomic E-state index is 0.0446. The van der Waals surface area contributed by atoms with E-state index in [1.807, 2.05) is 13.0 Å². The summed E-state index contributed by atoms with van der Waals surface area (Å²) in [6, 6.07) is 0. The third kappa shape index (κ3) is 17.4. The van der Waals surface area contributed by atoms with Crippen molar-refractivity contribution in [3.8, 4) is 0 Å². The number of hydrogen-bond acceptors (Lipinski definition) is 5. The molecule has 5 nitrogen and oxygen atoms in total. The highest BCUT2D eigenvalue weighted by Crippen LogP contribution is 2.28. The number of aliphatic hydroxyl groups excluding tert-OH is 2. The molecular formula is C37H68O5. The van der Waals surface area contributed by atoms with Crippen LogP contribution in [0.25, 0.3) is 0 Å². The van der Waals surface area contributed by atoms with E-state index in [-0.39, 0.29) is 36.5 Å². The first-order valence-corrected chi connectivity index (χ1v) is 18.4. The summed E-state index contributed by atoms with van der Waals surface area (Å²) in [5, 5.41) is 21.3. The van der Waals surface area contributed by atoms with E-state index in [1.54, 1.807) is 0 Å². The molecule has 2 aliphatic rings. The molecule has 1 fully saturated rings. The zero-order chi connectivity index (χ0) is 30.3. The fourth-order valence-corrected chi connectivity index (χ4v) is 6.72. The third-order valence-corrected chi connectivity index (χ3v) is 9.48. The second kappa shape index (κ2) is 24.4. The van der Waals surface area contributed by atoms with Crippen molar-refractivity contribution in [1.29, 1.82) is 0 Å². The molecule has 2 heterocycles. The van der Waals surface area contributed by atoms with Crippen molar-refractivity contribution in [2.45, 2.75) is 218 Å². The van der Waals surface area contributed by atoms with E-state index in [0.29, 0.717) is 0 Å². The summed E-state index contributed by atoms with van der Waals surface area (Å²) in [4.78, 5) is 11.6. The number of ether oxygens (including phenoxy) is 2. The molecule has 0 aliphatic carbocycles. The number of rotatable bonds is 28. The molecule has 2 aliphatic heterocycles. The highest BCUT2D eigenvalue weighted by atomic mass is 16.5. The highest BCUT2D eigenvalue weighted by Gasteiger charge is 2.34. The third-order valence-electron chi connectivity index (χ3n) is 9.48. The minimum Gasteiger partial charge on any atom is -0.455 e. The van der Waals surface area contributed by atoms with Gasteiger partial charge in [0.2, 0.25) is 0 Å².